The fourth-order valence-electron chi connectivity index (χ4n) is 5.36. The fourth-order valence-corrected chi connectivity index (χ4v) is 5.36. The second kappa shape index (κ2) is 10.4. The third-order valence-corrected chi connectivity index (χ3v) is 7.18. The number of rotatable bonds is 8. The van der Waals surface area contributed by atoms with Gasteiger partial charge >= 0.3 is 6.18 Å². The van der Waals surface area contributed by atoms with Crippen LogP contribution in [0, 0.1) is 11.7 Å². The summed E-state index contributed by atoms with van der Waals surface area (Å²) < 4.78 is 59.9. The van der Waals surface area contributed by atoms with Gasteiger partial charge < -0.3 is 10.1 Å². The number of methoxy groups -OCH3 is 1. The summed E-state index contributed by atoms with van der Waals surface area (Å²) in [4.78, 5) is 0. The maximum Gasteiger partial charge on any atom is 0.453 e. The van der Waals surface area contributed by atoms with Crippen molar-refractivity contribution in [2.24, 2.45) is 5.92 Å². The molecule has 1 aliphatic rings. The van der Waals surface area contributed by atoms with Crippen molar-refractivity contribution < 1.29 is 22.3 Å². The summed E-state index contributed by atoms with van der Waals surface area (Å²) in [5.41, 5.74) is 1.78. The summed E-state index contributed by atoms with van der Waals surface area (Å²) in [5, 5.41) is 27.8. The van der Waals surface area contributed by atoms with Crippen LogP contribution in [0.25, 0.3) is 5.69 Å². The summed E-state index contributed by atoms with van der Waals surface area (Å²) in [6.07, 6.45) is -3.01. The number of ether oxygens (including phenoxy) is 1. The molecule has 0 radical (unpaired) electrons. The highest BCUT2D eigenvalue weighted by molar-refractivity contribution is 5.44. The Morgan fingerprint density at radius 1 is 1.11 bits per heavy atom. The van der Waals surface area contributed by atoms with Crippen molar-refractivity contribution in [3.05, 3.63) is 71.1 Å². The average Bonchev–Trinajstić information content (AvgIpc) is 3.68. The van der Waals surface area contributed by atoms with E-state index in [4.69, 9.17) is 4.74 Å². The fraction of sp³-hybridized carbons (Fsp3) is 0.417. The Kier molecular flexibility index (Phi) is 7.06. The van der Waals surface area contributed by atoms with Crippen molar-refractivity contribution in [3.8, 4) is 11.4 Å². The molecular weight excluding hydrogens is 506 g/mol. The van der Waals surface area contributed by atoms with Gasteiger partial charge in [-0.3, -0.25) is 0 Å². The number of hydrogen-bond acceptors (Lipinski definition) is 8. The van der Waals surface area contributed by atoms with Gasteiger partial charge in [0.25, 0.3) is 5.82 Å². The van der Waals surface area contributed by atoms with Gasteiger partial charge in [0.05, 0.1) is 12.8 Å². The highest BCUT2D eigenvalue weighted by Gasteiger charge is 2.41. The van der Waals surface area contributed by atoms with Gasteiger partial charge in [0.2, 0.25) is 0 Å². The van der Waals surface area contributed by atoms with Crippen molar-refractivity contribution in [2.45, 2.75) is 50.4 Å². The average molecular weight is 532 g/mol. The molecular formula is C24H25F4N9O. The first-order valence-electron chi connectivity index (χ1n) is 12.0. The van der Waals surface area contributed by atoms with E-state index in [2.05, 4.69) is 48.4 Å². The number of aromatic amines is 1. The molecule has 1 saturated carbocycles. The smallest absolute Gasteiger partial charge is 0.453 e. The van der Waals surface area contributed by atoms with Crippen molar-refractivity contribution >= 4 is 0 Å². The minimum atomic E-state index is -4.71. The van der Waals surface area contributed by atoms with Crippen molar-refractivity contribution in [1.82, 2.24) is 46.1 Å². The summed E-state index contributed by atoms with van der Waals surface area (Å²) in [6, 6.07) is 11.1. The zero-order valence-corrected chi connectivity index (χ0v) is 20.5. The standard InChI is InChI=1S/C24H25F4N9O/c1-13(22-30-33-34-31-22)18-8-9-19(21(18)14-3-5-16(25)6-4-14)29-12-15-11-17(7-10-20(15)38-2)37-23(24(26,27)28)32-35-36-37/h3-7,10-11,13,18-19,21,29H,8-9,12H2,1-2H3,(H,30,31,33,34)/t13-,18+,19-,21+/m0/s1. The lowest BCUT2D eigenvalue weighted by Crippen LogP contribution is -2.33. The van der Waals surface area contributed by atoms with Gasteiger partial charge in [-0.25, -0.2) is 9.49 Å². The van der Waals surface area contributed by atoms with E-state index >= 15 is 0 Å². The molecule has 2 aromatic carbocycles. The molecule has 0 saturated heterocycles. The van der Waals surface area contributed by atoms with Gasteiger partial charge in [0.1, 0.15) is 11.6 Å². The van der Waals surface area contributed by atoms with E-state index in [0.717, 1.165) is 18.4 Å². The first-order valence-corrected chi connectivity index (χ1v) is 12.0. The van der Waals surface area contributed by atoms with E-state index in [1.165, 1.54) is 25.3 Å². The van der Waals surface area contributed by atoms with Crippen LogP contribution in [0.1, 0.15) is 54.4 Å². The molecule has 1 fully saturated rings. The maximum atomic E-state index is 13.7. The van der Waals surface area contributed by atoms with Gasteiger partial charge in [0, 0.05) is 30.0 Å². The number of H-pyrrole nitrogens is 1. The highest BCUT2D eigenvalue weighted by atomic mass is 19.4. The van der Waals surface area contributed by atoms with Gasteiger partial charge in [-0.2, -0.15) is 17.9 Å². The number of tetrazole rings is 2. The molecule has 10 nitrogen and oxygen atoms in total. The van der Waals surface area contributed by atoms with Crippen LogP contribution in [0.3, 0.4) is 0 Å². The first-order chi connectivity index (χ1) is 18.3. The number of nitrogens with zero attached hydrogens (tertiary/aromatic N) is 7. The zero-order chi connectivity index (χ0) is 26.9. The zero-order valence-electron chi connectivity index (χ0n) is 20.5. The molecule has 200 valence electrons. The van der Waals surface area contributed by atoms with Crippen LogP contribution in [0.4, 0.5) is 17.6 Å². The Morgan fingerprint density at radius 3 is 2.58 bits per heavy atom. The Bertz CT molecular complexity index is 1360. The molecule has 38 heavy (non-hydrogen) atoms. The topological polar surface area (TPSA) is 119 Å². The third-order valence-electron chi connectivity index (χ3n) is 7.18. The highest BCUT2D eigenvalue weighted by Crippen LogP contribution is 2.46. The Hall–Kier alpha value is -3.94. The van der Waals surface area contributed by atoms with Crippen molar-refractivity contribution in [2.75, 3.05) is 7.11 Å². The van der Waals surface area contributed by atoms with Crippen LogP contribution in [-0.4, -0.2) is 54.0 Å². The number of halogens is 4. The third kappa shape index (κ3) is 5.08. The van der Waals surface area contributed by atoms with E-state index in [1.54, 1.807) is 24.3 Å². The second-order valence-electron chi connectivity index (χ2n) is 9.29. The quantitative estimate of drug-likeness (QED) is 0.330. The molecule has 2 aromatic heterocycles. The summed E-state index contributed by atoms with van der Waals surface area (Å²) in [5.74, 6) is -0.144. The molecule has 14 heteroatoms. The van der Waals surface area contributed by atoms with Gasteiger partial charge in [-0.05, 0) is 75.5 Å². The molecule has 0 amide bonds. The predicted molar refractivity (Wildman–Crippen MR) is 126 cm³/mol. The van der Waals surface area contributed by atoms with E-state index in [-0.39, 0.29) is 35.3 Å². The number of benzene rings is 2. The molecule has 0 spiro atoms. The Morgan fingerprint density at radius 2 is 1.89 bits per heavy atom. The maximum absolute atomic E-state index is 13.7. The van der Waals surface area contributed by atoms with E-state index in [1.807, 2.05) is 0 Å². The summed E-state index contributed by atoms with van der Waals surface area (Å²) in [6.45, 7) is 2.37. The predicted octanol–water partition coefficient (Wildman–Crippen LogP) is 3.80. The van der Waals surface area contributed by atoms with Crippen LogP contribution in [0.2, 0.25) is 0 Å². The SMILES string of the molecule is COc1ccc(-n2nnnc2C(F)(F)F)cc1CN[C@H]1CC[C@H]([C@H](C)c2nnn[nH]2)[C@H]1c1ccc(F)cc1. The van der Waals surface area contributed by atoms with Gasteiger partial charge in [-0.1, -0.05) is 19.1 Å². The lowest BCUT2D eigenvalue weighted by atomic mass is 9.79. The largest absolute Gasteiger partial charge is 0.496 e. The summed E-state index contributed by atoms with van der Waals surface area (Å²) >= 11 is 0. The van der Waals surface area contributed by atoms with E-state index in [9.17, 15) is 17.6 Å². The lowest BCUT2D eigenvalue weighted by molar-refractivity contribution is -0.146. The van der Waals surface area contributed by atoms with Crippen LogP contribution >= 0.6 is 0 Å². The molecule has 4 aromatic rings. The molecule has 0 unspecified atom stereocenters. The number of alkyl halides is 3. The number of aromatic nitrogens is 8. The number of hydrogen-bond donors (Lipinski definition) is 2. The van der Waals surface area contributed by atoms with Gasteiger partial charge in [0.15, 0.2) is 5.82 Å². The van der Waals surface area contributed by atoms with Crippen LogP contribution in [0.15, 0.2) is 42.5 Å². The lowest BCUT2D eigenvalue weighted by Gasteiger charge is -2.29. The van der Waals surface area contributed by atoms with E-state index < -0.39 is 12.0 Å². The van der Waals surface area contributed by atoms with Gasteiger partial charge in [-0.15, -0.1) is 10.2 Å². The monoisotopic (exact) mass is 531 g/mol. The van der Waals surface area contributed by atoms with Crippen molar-refractivity contribution in [3.63, 3.8) is 0 Å². The second-order valence-corrected chi connectivity index (χ2v) is 9.29. The number of nitrogens with one attached hydrogen (secondary N) is 2. The molecule has 2 heterocycles. The first kappa shape index (κ1) is 25.7. The molecule has 2 N–H and O–H groups in total. The Balaban J connectivity index is 1.42. The normalized spacial score (nSPS) is 20.5. The molecule has 1 aliphatic carbocycles. The molecule has 0 aliphatic heterocycles. The molecule has 4 atom stereocenters. The molecule has 0 bridgehead atoms. The van der Waals surface area contributed by atoms with Crippen LogP contribution in [-0.2, 0) is 12.7 Å². The van der Waals surface area contributed by atoms with Crippen LogP contribution < -0.4 is 10.1 Å². The van der Waals surface area contributed by atoms with Crippen molar-refractivity contribution in [1.29, 1.82) is 0 Å². The van der Waals surface area contributed by atoms with E-state index in [0.29, 0.717) is 28.4 Å². The Labute approximate surface area is 214 Å². The summed E-state index contributed by atoms with van der Waals surface area (Å²) in [7, 11) is 1.50. The molecule has 5 rings (SSSR count). The minimum Gasteiger partial charge on any atom is -0.496 e. The minimum absolute atomic E-state index is 0.00377. The van der Waals surface area contributed by atoms with Crippen LogP contribution in [0.5, 0.6) is 5.75 Å².